The van der Waals surface area contributed by atoms with Gasteiger partial charge >= 0.3 is 0 Å². The molecule has 0 saturated heterocycles. The van der Waals surface area contributed by atoms with Gasteiger partial charge in [-0.15, -0.1) is 0 Å². The van der Waals surface area contributed by atoms with Crippen molar-refractivity contribution in [2.45, 2.75) is 13.8 Å². The van der Waals surface area contributed by atoms with Crippen LogP contribution in [-0.4, -0.2) is 0 Å². The highest BCUT2D eigenvalue weighted by Gasteiger charge is 2.05. The lowest BCUT2D eigenvalue weighted by Crippen LogP contribution is -2.01. The Labute approximate surface area is 41.8 Å². The quantitative estimate of drug-likeness (QED) is 0.487. The van der Waals surface area contributed by atoms with E-state index >= 15 is 0 Å². The zero-order chi connectivity index (χ0) is 5.28. The molecule has 0 aromatic heterocycles. The maximum atomic E-state index is 4.67. The fraction of sp³-hybridized carbons (Fsp3) is 0.500. The molecule has 0 unspecified atom stereocenters. The molecule has 3 nitrogen and oxygen atoms in total. The van der Waals surface area contributed by atoms with Crippen LogP contribution in [0.25, 0.3) is 0 Å². The van der Waals surface area contributed by atoms with Gasteiger partial charge in [0.2, 0.25) is 0 Å². The first kappa shape index (κ1) is 4.46. The molecule has 40 valence electrons. The zero-order valence-electron chi connectivity index (χ0n) is 4.32. The van der Waals surface area contributed by atoms with Crippen molar-refractivity contribution in [1.82, 2.24) is 5.64 Å². The van der Waals surface area contributed by atoms with Crippen molar-refractivity contribution < 1.29 is 9.68 Å². The van der Waals surface area contributed by atoms with Gasteiger partial charge in [0.25, 0.3) is 0 Å². The summed E-state index contributed by atoms with van der Waals surface area (Å²) in [7, 11) is 0. The Balaban J connectivity index is 2.64. The molecule has 0 saturated carbocycles. The Kier molecular flexibility index (Phi) is 0.906. The summed E-state index contributed by atoms with van der Waals surface area (Å²) in [4.78, 5) is 9.34. The van der Waals surface area contributed by atoms with Crippen molar-refractivity contribution in [3.05, 3.63) is 11.5 Å². The summed E-state index contributed by atoms with van der Waals surface area (Å²) >= 11 is 0. The Hall–Kier alpha value is -0.700. The predicted octanol–water partition coefficient (Wildman–Crippen LogP) is 0.704. The number of hydrogen-bond acceptors (Lipinski definition) is 3. The normalized spacial score (nSPS) is 19.1. The van der Waals surface area contributed by atoms with Crippen LogP contribution in [0.2, 0.25) is 0 Å². The van der Waals surface area contributed by atoms with E-state index in [1.807, 2.05) is 13.8 Å². The monoisotopic (exact) mass is 101 g/mol. The summed E-state index contributed by atoms with van der Waals surface area (Å²) in [5.74, 6) is 1.58. The van der Waals surface area contributed by atoms with E-state index in [-0.39, 0.29) is 0 Å². The van der Waals surface area contributed by atoms with E-state index in [2.05, 4.69) is 15.3 Å². The van der Waals surface area contributed by atoms with Crippen molar-refractivity contribution in [2.24, 2.45) is 0 Å². The van der Waals surface area contributed by atoms with Crippen LogP contribution in [0.5, 0.6) is 0 Å². The molecule has 0 radical (unpaired) electrons. The smallest absolute Gasteiger partial charge is 0.165 e. The zero-order valence-corrected chi connectivity index (χ0v) is 4.32. The van der Waals surface area contributed by atoms with Crippen LogP contribution in [0.3, 0.4) is 0 Å². The van der Waals surface area contributed by atoms with Gasteiger partial charge in [0.1, 0.15) is 0 Å². The Morgan fingerprint density at radius 1 is 1.14 bits per heavy atom. The van der Waals surface area contributed by atoms with Crippen LogP contribution in [0.1, 0.15) is 13.8 Å². The van der Waals surface area contributed by atoms with E-state index in [0.717, 1.165) is 11.5 Å². The topological polar surface area (TPSA) is 30.5 Å². The van der Waals surface area contributed by atoms with Crippen LogP contribution >= 0.6 is 0 Å². The molecule has 0 aliphatic carbocycles. The molecule has 0 bridgehead atoms. The van der Waals surface area contributed by atoms with Crippen molar-refractivity contribution in [3.63, 3.8) is 0 Å². The summed E-state index contributed by atoms with van der Waals surface area (Å²) in [5.41, 5.74) is 2.25. The lowest BCUT2D eigenvalue weighted by molar-refractivity contribution is -0.0645. The molecule has 0 amide bonds. The van der Waals surface area contributed by atoms with Gasteiger partial charge in [0.15, 0.2) is 11.5 Å². The summed E-state index contributed by atoms with van der Waals surface area (Å²) in [6.45, 7) is 3.66. The van der Waals surface area contributed by atoms with Gasteiger partial charge in [-0.3, -0.25) is 0 Å². The van der Waals surface area contributed by atoms with Gasteiger partial charge in [-0.25, -0.2) is 0 Å². The molecule has 3 heteroatoms. The van der Waals surface area contributed by atoms with Crippen molar-refractivity contribution in [2.75, 3.05) is 0 Å². The molecule has 1 N–H and O–H groups in total. The van der Waals surface area contributed by atoms with Gasteiger partial charge in [0.05, 0.1) is 0 Å². The third-order valence-corrected chi connectivity index (χ3v) is 0.885. The Morgan fingerprint density at radius 3 is 1.71 bits per heavy atom. The molecule has 0 fully saturated rings. The predicted molar refractivity (Wildman–Crippen MR) is 23.7 cm³/mol. The molecule has 0 atom stereocenters. The molecule has 1 aliphatic heterocycles. The maximum absolute atomic E-state index is 4.67. The summed E-state index contributed by atoms with van der Waals surface area (Å²) in [6, 6.07) is 0. The summed E-state index contributed by atoms with van der Waals surface area (Å²) in [5, 5.41) is 0. The molecule has 0 aromatic rings. The highest BCUT2D eigenvalue weighted by atomic mass is 16.9. The highest BCUT2D eigenvalue weighted by molar-refractivity contribution is 4.95. The third-order valence-electron chi connectivity index (χ3n) is 0.885. The average molecular weight is 101 g/mol. The second kappa shape index (κ2) is 1.42. The first-order valence-electron chi connectivity index (χ1n) is 2.07. The van der Waals surface area contributed by atoms with E-state index in [0.29, 0.717) is 0 Å². The first-order chi connectivity index (χ1) is 3.30. The van der Waals surface area contributed by atoms with Gasteiger partial charge < -0.3 is 9.68 Å². The van der Waals surface area contributed by atoms with E-state index in [1.165, 1.54) is 0 Å². The van der Waals surface area contributed by atoms with Crippen LogP contribution < -0.4 is 5.64 Å². The van der Waals surface area contributed by atoms with Crippen molar-refractivity contribution in [1.29, 1.82) is 0 Å². The van der Waals surface area contributed by atoms with Crippen molar-refractivity contribution >= 4 is 0 Å². The lowest BCUT2D eigenvalue weighted by atomic mass is 10.5. The Bertz CT molecular complexity index is 96.3. The molecule has 1 rings (SSSR count). The largest absolute Gasteiger partial charge is 0.375 e. The average Bonchev–Trinajstić information content (AvgIpc) is 1.91. The second-order valence-corrected chi connectivity index (χ2v) is 1.40. The lowest BCUT2D eigenvalue weighted by Gasteiger charge is -1.88. The second-order valence-electron chi connectivity index (χ2n) is 1.40. The minimum absolute atomic E-state index is 0.792. The molecule has 7 heavy (non-hydrogen) atoms. The number of rotatable bonds is 0. The minimum atomic E-state index is 0.792. The number of nitrogens with one attached hydrogen (secondary N) is 1. The SMILES string of the molecule is CC1=C(C)ONO1. The third kappa shape index (κ3) is 0.667. The van der Waals surface area contributed by atoms with Crippen molar-refractivity contribution in [3.8, 4) is 0 Å². The minimum Gasteiger partial charge on any atom is -0.375 e. The number of allylic oxidation sites excluding steroid dienone is 2. The first-order valence-corrected chi connectivity index (χ1v) is 2.07. The van der Waals surface area contributed by atoms with E-state index in [1.54, 1.807) is 0 Å². The van der Waals surface area contributed by atoms with Gasteiger partial charge in [-0.1, -0.05) is 0 Å². The molecular weight excluding hydrogens is 94.0 g/mol. The Morgan fingerprint density at radius 2 is 1.57 bits per heavy atom. The van der Waals surface area contributed by atoms with E-state index < -0.39 is 0 Å². The molecule has 0 spiro atoms. The van der Waals surface area contributed by atoms with Gasteiger partial charge in [-0.05, 0) is 13.8 Å². The molecular formula is C4H7NO2. The maximum Gasteiger partial charge on any atom is 0.165 e. The van der Waals surface area contributed by atoms with E-state index in [9.17, 15) is 0 Å². The van der Waals surface area contributed by atoms with Crippen LogP contribution in [0.4, 0.5) is 0 Å². The van der Waals surface area contributed by atoms with Crippen LogP contribution in [-0.2, 0) is 9.68 Å². The fourth-order valence-electron chi connectivity index (χ4n) is 0.290. The van der Waals surface area contributed by atoms with Crippen LogP contribution in [0.15, 0.2) is 11.5 Å². The standard InChI is InChI=1S/C4H7NO2/c1-3-4(2)7-5-6-3/h5H,1-2H3. The van der Waals surface area contributed by atoms with E-state index in [4.69, 9.17) is 0 Å². The highest BCUT2D eigenvalue weighted by Crippen LogP contribution is 2.08. The van der Waals surface area contributed by atoms with Gasteiger partial charge in [-0.2, -0.15) is 0 Å². The number of hydrogen-bond donors (Lipinski definition) is 1. The summed E-state index contributed by atoms with van der Waals surface area (Å²) in [6.07, 6.45) is 0. The van der Waals surface area contributed by atoms with Gasteiger partial charge in [0, 0.05) is 5.64 Å². The molecule has 1 aliphatic rings. The molecule has 1 heterocycles. The van der Waals surface area contributed by atoms with Crippen LogP contribution in [0, 0.1) is 0 Å². The summed E-state index contributed by atoms with van der Waals surface area (Å²) < 4.78 is 0. The fourth-order valence-corrected chi connectivity index (χ4v) is 0.290. The molecule has 0 aromatic carbocycles.